The number of hydrogen-bond acceptors (Lipinski definition) is 6. The van der Waals surface area contributed by atoms with E-state index in [-0.39, 0.29) is 17.8 Å². The van der Waals surface area contributed by atoms with Crippen molar-refractivity contribution in [3.05, 3.63) is 41.3 Å². The first-order valence-electron chi connectivity index (χ1n) is 6.98. The van der Waals surface area contributed by atoms with Crippen LogP contribution in [-0.2, 0) is 6.54 Å². The lowest BCUT2D eigenvalue weighted by Crippen LogP contribution is -2.24. The molecular formula is C14H17N5O2. The highest BCUT2D eigenvalue weighted by Gasteiger charge is 2.24. The Labute approximate surface area is 122 Å². The van der Waals surface area contributed by atoms with Crippen molar-refractivity contribution in [3.63, 3.8) is 0 Å². The molecule has 0 spiro atoms. The van der Waals surface area contributed by atoms with E-state index in [9.17, 15) is 4.79 Å². The van der Waals surface area contributed by atoms with Gasteiger partial charge in [0.05, 0.1) is 6.04 Å². The molecule has 7 nitrogen and oxygen atoms in total. The number of nitrogens with one attached hydrogen (secondary N) is 2. The molecule has 1 aliphatic rings. The van der Waals surface area contributed by atoms with Crippen LogP contribution >= 0.6 is 0 Å². The highest BCUT2D eigenvalue weighted by molar-refractivity contribution is 5.90. The number of hydrogen-bond donors (Lipinski definition) is 2. The SMILES string of the molecule is Cc1ccncc1CNC(=O)c1noc(C2CCCN2)n1. The Balaban J connectivity index is 1.62. The molecule has 1 unspecified atom stereocenters. The largest absolute Gasteiger partial charge is 0.345 e. The molecule has 3 heterocycles. The van der Waals surface area contributed by atoms with Crippen molar-refractivity contribution in [2.45, 2.75) is 32.4 Å². The van der Waals surface area contributed by atoms with Crippen molar-refractivity contribution < 1.29 is 9.32 Å². The van der Waals surface area contributed by atoms with Crippen LogP contribution < -0.4 is 10.6 Å². The van der Waals surface area contributed by atoms with Gasteiger partial charge in [-0.25, -0.2) is 0 Å². The van der Waals surface area contributed by atoms with Gasteiger partial charge in [0.25, 0.3) is 11.7 Å². The summed E-state index contributed by atoms with van der Waals surface area (Å²) in [4.78, 5) is 20.2. The summed E-state index contributed by atoms with van der Waals surface area (Å²) < 4.78 is 5.15. The van der Waals surface area contributed by atoms with Crippen LogP contribution in [0.3, 0.4) is 0 Å². The van der Waals surface area contributed by atoms with Crippen LogP contribution in [-0.4, -0.2) is 27.6 Å². The van der Waals surface area contributed by atoms with Crippen LogP contribution in [0, 0.1) is 6.92 Å². The zero-order chi connectivity index (χ0) is 14.7. The van der Waals surface area contributed by atoms with Gasteiger partial charge in [-0.1, -0.05) is 5.16 Å². The Morgan fingerprint density at radius 2 is 2.48 bits per heavy atom. The third-order valence-corrected chi connectivity index (χ3v) is 3.59. The van der Waals surface area contributed by atoms with Crippen LogP contribution in [0.25, 0.3) is 0 Å². The normalized spacial score (nSPS) is 17.9. The minimum Gasteiger partial charge on any atom is -0.345 e. The van der Waals surface area contributed by atoms with E-state index < -0.39 is 0 Å². The topological polar surface area (TPSA) is 92.9 Å². The van der Waals surface area contributed by atoms with Gasteiger partial charge in [0.15, 0.2) is 0 Å². The Morgan fingerprint density at radius 3 is 3.24 bits per heavy atom. The summed E-state index contributed by atoms with van der Waals surface area (Å²) in [6, 6.07) is 1.97. The maximum absolute atomic E-state index is 12.0. The van der Waals surface area contributed by atoms with Gasteiger partial charge < -0.3 is 15.2 Å². The van der Waals surface area contributed by atoms with Gasteiger partial charge in [0.1, 0.15) is 0 Å². The van der Waals surface area contributed by atoms with Crippen LogP contribution in [0.4, 0.5) is 0 Å². The highest BCUT2D eigenvalue weighted by atomic mass is 16.5. The third-order valence-electron chi connectivity index (χ3n) is 3.59. The molecule has 0 aliphatic carbocycles. The summed E-state index contributed by atoms with van der Waals surface area (Å²) >= 11 is 0. The summed E-state index contributed by atoms with van der Waals surface area (Å²) in [5.74, 6) is 0.210. The third kappa shape index (κ3) is 3.08. The first-order chi connectivity index (χ1) is 10.2. The molecule has 110 valence electrons. The highest BCUT2D eigenvalue weighted by Crippen LogP contribution is 2.20. The van der Waals surface area contributed by atoms with Crippen LogP contribution in [0.5, 0.6) is 0 Å². The van der Waals surface area contributed by atoms with E-state index in [4.69, 9.17) is 4.52 Å². The van der Waals surface area contributed by atoms with E-state index in [2.05, 4.69) is 25.8 Å². The fourth-order valence-corrected chi connectivity index (χ4v) is 2.30. The minimum absolute atomic E-state index is 0.0691. The number of pyridine rings is 1. The number of aryl methyl sites for hydroxylation is 1. The monoisotopic (exact) mass is 287 g/mol. The second-order valence-electron chi connectivity index (χ2n) is 5.09. The number of aromatic nitrogens is 3. The van der Waals surface area contributed by atoms with Crippen LogP contribution in [0.2, 0.25) is 0 Å². The van der Waals surface area contributed by atoms with Crippen molar-refractivity contribution in [1.29, 1.82) is 0 Å². The Hall–Kier alpha value is -2.28. The second kappa shape index (κ2) is 6.01. The van der Waals surface area contributed by atoms with E-state index in [0.717, 1.165) is 30.5 Å². The Kier molecular flexibility index (Phi) is 3.92. The maximum atomic E-state index is 12.0. The molecule has 0 saturated carbocycles. The molecule has 0 bridgehead atoms. The first kappa shape index (κ1) is 13.7. The predicted octanol–water partition coefficient (Wildman–Crippen LogP) is 1.13. The van der Waals surface area contributed by atoms with Gasteiger partial charge in [0, 0.05) is 18.9 Å². The Morgan fingerprint density at radius 1 is 1.57 bits per heavy atom. The molecule has 1 fully saturated rings. The molecule has 2 aromatic rings. The number of nitrogens with zero attached hydrogens (tertiary/aromatic N) is 3. The molecule has 1 saturated heterocycles. The Bertz CT molecular complexity index is 634. The van der Waals surface area contributed by atoms with Gasteiger partial charge >= 0.3 is 0 Å². The molecule has 2 aromatic heterocycles. The fraction of sp³-hybridized carbons (Fsp3) is 0.429. The zero-order valence-electron chi connectivity index (χ0n) is 11.8. The van der Waals surface area contributed by atoms with Crippen molar-refractivity contribution >= 4 is 5.91 Å². The molecule has 7 heteroatoms. The molecule has 3 rings (SSSR count). The molecule has 21 heavy (non-hydrogen) atoms. The molecular weight excluding hydrogens is 270 g/mol. The first-order valence-corrected chi connectivity index (χ1v) is 6.98. The van der Waals surface area contributed by atoms with Gasteiger partial charge in [0.2, 0.25) is 5.89 Å². The van der Waals surface area contributed by atoms with E-state index in [1.54, 1.807) is 12.4 Å². The van der Waals surface area contributed by atoms with Crippen molar-refractivity contribution in [2.24, 2.45) is 0 Å². The van der Waals surface area contributed by atoms with Crippen LogP contribution in [0.15, 0.2) is 23.0 Å². The number of rotatable bonds is 4. The number of amides is 1. The average molecular weight is 287 g/mol. The number of carbonyl (C=O) groups excluding carboxylic acids is 1. The second-order valence-corrected chi connectivity index (χ2v) is 5.09. The smallest absolute Gasteiger partial charge is 0.292 e. The lowest BCUT2D eigenvalue weighted by molar-refractivity contribution is 0.0937. The van der Waals surface area contributed by atoms with Gasteiger partial charge in [-0.05, 0) is 43.5 Å². The predicted molar refractivity (Wildman–Crippen MR) is 74.4 cm³/mol. The van der Waals surface area contributed by atoms with Crippen molar-refractivity contribution in [1.82, 2.24) is 25.8 Å². The summed E-state index contributed by atoms with van der Waals surface area (Å²) in [6.07, 6.45) is 5.49. The zero-order valence-corrected chi connectivity index (χ0v) is 11.8. The van der Waals surface area contributed by atoms with E-state index >= 15 is 0 Å². The maximum Gasteiger partial charge on any atom is 0.292 e. The minimum atomic E-state index is -0.341. The van der Waals surface area contributed by atoms with Crippen LogP contribution in [0.1, 0.15) is 46.5 Å². The molecule has 2 N–H and O–H groups in total. The molecule has 1 atom stereocenters. The lowest BCUT2D eigenvalue weighted by atomic mass is 10.1. The van der Waals surface area contributed by atoms with E-state index in [0.29, 0.717) is 12.4 Å². The molecule has 0 aromatic carbocycles. The van der Waals surface area contributed by atoms with Gasteiger partial charge in [-0.15, -0.1) is 0 Å². The van der Waals surface area contributed by atoms with E-state index in [1.807, 2.05) is 13.0 Å². The van der Waals surface area contributed by atoms with Gasteiger partial charge in [-0.2, -0.15) is 4.98 Å². The lowest BCUT2D eigenvalue weighted by Gasteiger charge is -2.05. The average Bonchev–Trinajstić information content (AvgIpc) is 3.16. The quantitative estimate of drug-likeness (QED) is 0.875. The summed E-state index contributed by atoms with van der Waals surface area (Å²) in [7, 11) is 0. The van der Waals surface area contributed by atoms with E-state index in [1.165, 1.54) is 0 Å². The van der Waals surface area contributed by atoms with Crippen molar-refractivity contribution in [2.75, 3.05) is 6.54 Å². The van der Waals surface area contributed by atoms with Gasteiger partial charge in [-0.3, -0.25) is 9.78 Å². The fourth-order valence-electron chi connectivity index (χ4n) is 2.30. The molecule has 1 aliphatic heterocycles. The summed E-state index contributed by atoms with van der Waals surface area (Å²) in [6.45, 7) is 3.31. The molecule has 1 amide bonds. The molecule has 0 radical (unpaired) electrons. The summed E-state index contributed by atoms with van der Waals surface area (Å²) in [5, 5.41) is 9.77. The standard InChI is InChI=1S/C14H17N5O2/c1-9-4-6-15-7-10(9)8-17-13(20)12-18-14(21-19-12)11-3-2-5-16-11/h4,6-7,11,16H,2-3,5,8H2,1H3,(H,17,20). The summed E-state index contributed by atoms with van der Waals surface area (Å²) in [5.41, 5.74) is 2.04. The number of carbonyl (C=O) groups is 1. The van der Waals surface area contributed by atoms with Crippen molar-refractivity contribution in [3.8, 4) is 0 Å².